The van der Waals surface area contributed by atoms with Crippen LogP contribution in [0.1, 0.15) is 24.0 Å². The molecule has 2 heterocycles. The molecule has 1 aliphatic rings. The van der Waals surface area contributed by atoms with Gasteiger partial charge in [-0.25, -0.2) is 4.98 Å². The van der Waals surface area contributed by atoms with Gasteiger partial charge in [0.1, 0.15) is 0 Å². The standard InChI is InChI=1S/C10H16N2S2/c1-10(3-5-13-7-10)9-12-8(2-4-11)6-14-9/h6H,2-5,7,11H2,1H3. The van der Waals surface area contributed by atoms with E-state index in [0.29, 0.717) is 12.0 Å². The third-order valence-electron chi connectivity index (χ3n) is 2.69. The van der Waals surface area contributed by atoms with Crippen LogP contribution in [0.4, 0.5) is 0 Å². The van der Waals surface area contributed by atoms with Crippen molar-refractivity contribution < 1.29 is 0 Å². The van der Waals surface area contributed by atoms with Crippen LogP contribution < -0.4 is 5.73 Å². The van der Waals surface area contributed by atoms with E-state index in [0.717, 1.165) is 6.42 Å². The molecule has 4 heteroatoms. The van der Waals surface area contributed by atoms with E-state index in [1.165, 1.54) is 28.6 Å². The number of nitrogens with two attached hydrogens (primary N) is 1. The minimum atomic E-state index is 0.335. The first-order valence-corrected chi connectivity index (χ1v) is 7.01. The highest BCUT2D eigenvalue weighted by molar-refractivity contribution is 7.99. The van der Waals surface area contributed by atoms with Gasteiger partial charge in [-0.15, -0.1) is 11.3 Å². The summed E-state index contributed by atoms with van der Waals surface area (Å²) in [5.74, 6) is 2.50. The molecular formula is C10H16N2S2. The molecule has 2 rings (SSSR count). The zero-order valence-corrected chi connectivity index (χ0v) is 10.1. The number of rotatable bonds is 3. The Bertz CT molecular complexity index is 303. The Morgan fingerprint density at radius 2 is 2.50 bits per heavy atom. The summed E-state index contributed by atoms with van der Waals surface area (Å²) in [7, 11) is 0. The SMILES string of the molecule is CC1(c2nc(CCN)cs2)CCSC1. The first kappa shape index (κ1) is 10.5. The quantitative estimate of drug-likeness (QED) is 0.860. The molecule has 1 atom stereocenters. The maximum atomic E-state index is 5.52. The van der Waals surface area contributed by atoms with Gasteiger partial charge in [0.25, 0.3) is 0 Å². The van der Waals surface area contributed by atoms with Crippen molar-refractivity contribution in [2.75, 3.05) is 18.1 Å². The summed E-state index contributed by atoms with van der Waals surface area (Å²) in [4.78, 5) is 4.68. The first-order valence-electron chi connectivity index (χ1n) is 4.97. The molecule has 1 saturated heterocycles. The predicted octanol–water partition coefficient (Wildman–Crippen LogP) is 2.04. The summed E-state index contributed by atoms with van der Waals surface area (Å²) in [5.41, 5.74) is 7.02. The van der Waals surface area contributed by atoms with Gasteiger partial charge in [0.05, 0.1) is 10.7 Å². The van der Waals surface area contributed by atoms with E-state index in [1.54, 1.807) is 11.3 Å². The summed E-state index contributed by atoms with van der Waals surface area (Å²) in [6, 6.07) is 0. The molecule has 0 amide bonds. The number of hydrogen-bond acceptors (Lipinski definition) is 4. The second-order valence-electron chi connectivity index (χ2n) is 4.05. The molecule has 1 aromatic rings. The van der Waals surface area contributed by atoms with Crippen LogP contribution in [-0.2, 0) is 11.8 Å². The van der Waals surface area contributed by atoms with Gasteiger partial charge in [-0.3, -0.25) is 0 Å². The largest absolute Gasteiger partial charge is 0.330 e. The Morgan fingerprint density at radius 1 is 1.64 bits per heavy atom. The van der Waals surface area contributed by atoms with Crippen molar-refractivity contribution in [3.05, 3.63) is 16.1 Å². The van der Waals surface area contributed by atoms with E-state index in [9.17, 15) is 0 Å². The van der Waals surface area contributed by atoms with E-state index in [4.69, 9.17) is 5.73 Å². The van der Waals surface area contributed by atoms with Crippen molar-refractivity contribution >= 4 is 23.1 Å². The Hall–Kier alpha value is -0.0600. The van der Waals surface area contributed by atoms with Crippen molar-refractivity contribution in [2.24, 2.45) is 5.73 Å². The van der Waals surface area contributed by atoms with E-state index >= 15 is 0 Å². The number of aromatic nitrogens is 1. The number of hydrogen-bond donors (Lipinski definition) is 1. The van der Waals surface area contributed by atoms with Crippen molar-refractivity contribution in [2.45, 2.75) is 25.2 Å². The summed E-state index contributed by atoms with van der Waals surface area (Å²) in [6.07, 6.45) is 2.19. The average Bonchev–Trinajstić information content (AvgIpc) is 2.75. The molecule has 0 saturated carbocycles. The lowest BCUT2D eigenvalue weighted by atomic mass is 9.91. The molecule has 1 fully saturated rings. The van der Waals surface area contributed by atoms with Gasteiger partial charge in [0, 0.05) is 23.0 Å². The Kier molecular flexibility index (Phi) is 3.14. The molecule has 0 radical (unpaired) electrons. The molecule has 0 spiro atoms. The third-order valence-corrected chi connectivity index (χ3v) is 5.22. The van der Waals surface area contributed by atoms with E-state index < -0.39 is 0 Å². The zero-order valence-electron chi connectivity index (χ0n) is 8.45. The highest BCUT2D eigenvalue weighted by Gasteiger charge is 2.33. The molecule has 78 valence electrons. The smallest absolute Gasteiger partial charge is 0.0996 e. The lowest BCUT2D eigenvalue weighted by Crippen LogP contribution is -2.20. The normalized spacial score (nSPS) is 27.0. The first-order chi connectivity index (χ1) is 6.74. The Labute approximate surface area is 93.3 Å². The molecule has 2 nitrogen and oxygen atoms in total. The second-order valence-corrected chi connectivity index (χ2v) is 6.01. The zero-order chi connectivity index (χ0) is 10.0. The van der Waals surface area contributed by atoms with Crippen molar-refractivity contribution in [3.8, 4) is 0 Å². The molecule has 14 heavy (non-hydrogen) atoms. The van der Waals surface area contributed by atoms with Crippen LogP contribution >= 0.6 is 23.1 Å². The van der Waals surface area contributed by atoms with E-state index in [2.05, 4.69) is 17.3 Å². The van der Waals surface area contributed by atoms with Gasteiger partial charge >= 0.3 is 0 Å². The highest BCUT2D eigenvalue weighted by Crippen LogP contribution is 2.39. The molecule has 0 aliphatic carbocycles. The molecule has 2 N–H and O–H groups in total. The molecule has 0 aromatic carbocycles. The van der Waals surface area contributed by atoms with Crippen molar-refractivity contribution in [3.63, 3.8) is 0 Å². The van der Waals surface area contributed by atoms with E-state index in [-0.39, 0.29) is 0 Å². The fourth-order valence-electron chi connectivity index (χ4n) is 1.68. The van der Waals surface area contributed by atoms with Crippen LogP contribution in [0.15, 0.2) is 5.38 Å². The van der Waals surface area contributed by atoms with Crippen molar-refractivity contribution in [1.29, 1.82) is 0 Å². The van der Waals surface area contributed by atoms with Gasteiger partial charge in [-0.05, 0) is 18.7 Å². The Balaban J connectivity index is 2.15. The molecule has 1 unspecified atom stereocenters. The molecule has 1 aliphatic heterocycles. The number of thiazole rings is 1. The second kappa shape index (κ2) is 4.21. The summed E-state index contributed by atoms with van der Waals surface area (Å²) < 4.78 is 0. The fraction of sp³-hybridized carbons (Fsp3) is 0.700. The molecule has 0 bridgehead atoms. The maximum absolute atomic E-state index is 5.52. The van der Waals surface area contributed by atoms with Crippen LogP contribution in [0, 0.1) is 0 Å². The van der Waals surface area contributed by atoms with Crippen molar-refractivity contribution in [1.82, 2.24) is 4.98 Å². The number of thioether (sulfide) groups is 1. The summed E-state index contributed by atoms with van der Waals surface area (Å²) in [5, 5.41) is 3.47. The minimum Gasteiger partial charge on any atom is -0.330 e. The van der Waals surface area contributed by atoms with Crippen LogP contribution in [0.5, 0.6) is 0 Å². The van der Waals surface area contributed by atoms with Gasteiger partial charge in [-0.1, -0.05) is 6.92 Å². The maximum Gasteiger partial charge on any atom is 0.0996 e. The fourth-order valence-corrected chi connectivity index (χ4v) is 4.29. The van der Waals surface area contributed by atoms with Gasteiger partial charge in [-0.2, -0.15) is 11.8 Å². The van der Waals surface area contributed by atoms with Crippen LogP contribution in [-0.4, -0.2) is 23.0 Å². The lowest BCUT2D eigenvalue weighted by Gasteiger charge is -2.18. The average molecular weight is 228 g/mol. The predicted molar refractivity (Wildman–Crippen MR) is 64.2 cm³/mol. The van der Waals surface area contributed by atoms with E-state index in [1.807, 2.05) is 11.8 Å². The van der Waals surface area contributed by atoms with Gasteiger partial charge in [0.15, 0.2) is 0 Å². The minimum absolute atomic E-state index is 0.335. The Morgan fingerprint density at radius 3 is 3.14 bits per heavy atom. The topological polar surface area (TPSA) is 38.9 Å². The van der Waals surface area contributed by atoms with Crippen LogP contribution in [0.3, 0.4) is 0 Å². The molecule has 1 aromatic heterocycles. The monoisotopic (exact) mass is 228 g/mol. The summed E-state index contributed by atoms with van der Waals surface area (Å²) >= 11 is 3.85. The summed E-state index contributed by atoms with van der Waals surface area (Å²) in [6.45, 7) is 3.03. The lowest BCUT2D eigenvalue weighted by molar-refractivity contribution is 0.535. The third kappa shape index (κ3) is 1.97. The van der Waals surface area contributed by atoms with Gasteiger partial charge < -0.3 is 5.73 Å². The van der Waals surface area contributed by atoms with Gasteiger partial charge in [0.2, 0.25) is 0 Å². The van der Waals surface area contributed by atoms with Crippen LogP contribution in [0.2, 0.25) is 0 Å². The van der Waals surface area contributed by atoms with Crippen LogP contribution in [0.25, 0.3) is 0 Å². The number of nitrogens with zero attached hydrogens (tertiary/aromatic N) is 1. The highest BCUT2D eigenvalue weighted by atomic mass is 32.2. The molecular weight excluding hydrogens is 212 g/mol.